The predicted molar refractivity (Wildman–Crippen MR) is 88.2 cm³/mol. The lowest BCUT2D eigenvalue weighted by atomic mass is 9.65. The summed E-state index contributed by atoms with van der Waals surface area (Å²) in [7, 11) is 0. The van der Waals surface area contributed by atoms with E-state index >= 15 is 0 Å². The van der Waals surface area contributed by atoms with Crippen molar-refractivity contribution in [1.29, 1.82) is 0 Å². The van der Waals surface area contributed by atoms with Crippen molar-refractivity contribution in [2.24, 2.45) is 10.8 Å². The number of aliphatic carboxylic acids is 3. The zero-order valence-electron chi connectivity index (χ0n) is 12.6. The van der Waals surface area contributed by atoms with Crippen molar-refractivity contribution in [3.63, 3.8) is 0 Å². The maximum absolute atomic E-state index is 12.7. The van der Waals surface area contributed by atoms with Crippen LogP contribution >= 0.6 is 25.3 Å². The second kappa shape index (κ2) is 6.60. The SMILES string of the molecule is O=C(O)C1(C(=O)O)CCCC1(C(=O)O)C(=O)Oc1cccc(S)c1S. The molecule has 1 atom stereocenters. The van der Waals surface area contributed by atoms with Crippen LogP contribution < -0.4 is 4.74 Å². The summed E-state index contributed by atoms with van der Waals surface area (Å²) in [4.78, 5) is 48.4. The number of rotatable bonds is 5. The number of carboxylic acids is 3. The van der Waals surface area contributed by atoms with Crippen molar-refractivity contribution in [2.75, 3.05) is 0 Å². The van der Waals surface area contributed by atoms with Gasteiger partial charge in [0.1, 0.15) is 5.75 Å². The van der Waals surface area contributed by atoms with E-state index in [2.05, 4.69) is 25.3 Å². The van der Waals surface area contributed by atoms with Gasteiger partial charge in [-0.3, -0.25) is 19.2 Å². The van der Waals surface area contributed by atoms with Gasteiger partial charge in [-0.25, -0.2) is 0 Å². The van der Waals surface area contributed by atoms with Crippen molar-refractivity contribution in [3.8, 4) is 5.75 Å². The Balaban J connectivity index is 2.58. The molecule has 25 heavy (non-hydrogen) atoms. The first-order valence-electron chi connectivity index (χ1n) is 7.04. The average molecular weight is 386 g/mol. The normalized spacial score (nSPS) is 21.5. The van der Waals surface area contributed by atoms with Gasteiger partial charge in [-0.1, -0.05) is 6.07 Å². The largest absolute Gasteiger partial charge is 0.480 e. The zero-order chi connectivity index (χ0) is 19.0. The summed E-state index contributed by atoms with van der Waals surface area (Å²) < 4.78 is 5.06. The third kappa shape index (κ3) is 2.65. The van der Waals surface area contributed by atoms with E-state index < -0.39 is 47.5 Å². The van der Waals surface area contributed by atoms with Crippen molar-refractivity contribution >= 4 is 49.1 Å². The Kier molecular flexibility index (Phi) is 5.05. The van der Waals surface area contributed by atoms with E-state index in [9.17, 15) is 34.5 Å². The fourth-order valence-corrected chi connectivity index (χ4v) is 3.54. The van der Waals surface area contributed by atoms with Crippen molar-refractivity contribution in [2.45, 2.75) is 29.1 Å². The summed E-state index contributed by atoms with van der Waals surface area (Å²) >= 11 is 8.19. The van der Waals surface area contributed by atoms with Gasteiger partial charge in [0.05, 0.1) is 4.90 Å². The van der Waals surface area contributed by atoms with Crippen LogP contribution in [-0.2, 0) is 19.2 Å². The lowest BCUT2D eigenvalue weighted by molar-refractivity contribution is -0.190. The van der Waals surface area contributed by atoms with Crippen LogP contribution in [0, 0.1) is 10.8 Å². The number of carbonyl (C=O) groups is 4. The van der Waals surface area contributed by atoms with Gasteiger partial charge >= 0.3 is 23.9 Å². The minimum Gasteiger partial charge on any atom is -0.480 e. The molecule has 1 unspecified atom stereocenters. The highest BCUT2D eigenvalue weighted by Gasteiger charge is 2.74. The molecule has 1 fully saturated rings. The number of ether oxygens (including phenoxy) is 1. The molecule has 3 N–H and O–H groups in total. The fourth-order valence-electron chi connectivity index (χ4n) is 3.15. The van der Waals surface area contributed by atoms with Crippen LogP contribution in [0.15, 0.2) is 28.0 Å². The molecule has 0 aliphatic heterocycles. The molecule has 0 saturated heterocycles. The Hall–Kier alpha value is -2.20. The van der Waals surface area contributed by atoms with Crippen molar-refractivity contribution in [1.82, 2.24) is 0 Å². The molecule has 1 aromatic rings. The summed E-state index contributed by atoms with van der Waals surface area (Å²) in [5.74, 6) is -7.26. The van der Waals surface area contributed by atoms with Gasteiger partial charge in [-0.15, -0.1) is 25.3 Å². The number of hydrogen-bond acceptors (Lipinski definition) is 7. The molecule has 1 aliphatic carbocycles. The lowest BCUT2D eigenvalue weighted by Gasteiger charge is -2.34. The van der Waals surface area contributed by atoms with Crippen LogP contribution in [0.5, 0.6) is 5.75 Å². The highest BCUT2D eigenvalue weighted by Crippen LogP contribution is 2.55. The summed E-state index contributed by atoms with van der Waals surface area (Å²) in [5.41, 5.74) is -5.57. The molecule has 2 rings (SSSR count). The first-order chi connectivity index (χ1) is 11.6. The standard InChI is InChI=1S/C15H14O8S2/c16-10(17)14(11(18)19)5-2-6-15(14,12(20)21)13(22)23-7-3-1-4-8(24)9(7)25/h1,3-4,24-25H,2,5-6H2,(H,16,17)(H,18,19)(H,20,21). The van der Waals surface area contributed by atoms with E-state index in [4.69, 9.17) is 4.74 Å². The van der Waals surface area contributed by atoms with Gasteiger partial charge in [0, 0.05) is 4.90 Å². The summed E-state index contributed by atoms with van der Waals surface area (Å²) in [5, 5.41) is 28.5. The highest BCUT2D eigenvalue weighted by atomic mass is 32.1. The summed E-state index contributed by atoms with van der Waals surface area (Å²) in [6.07, 6.45) is -1.04. The van der Waals surface area contributed by atoms with Gasteiger partial charge in [0.2, 0.25) is 0 Å². The molecule has 0 heterocycles. The molecule has 1 aromatic carbocycles. The topological polar surface area (TPSA) is 138 Å². The predicted octanol–water partition coefficient (Wildman–Crippen LogP) is 1.58. The molecule has 134 valence electrons. The van der Waals surface area contributed by atoms with Gasteiger partial charge in [-0.05, 0) is 31.4 Å². The van der Waals surface area contributed by atoms with E-state index in [1.165, 1.54) is 12.1 Å². The molecule has 1 aliphatic rings. The third-order valence-electron chi connectivity index (χ3n) is 4.46. The van der Waals surface area contributed by atoms with Gasteiger partial charge < -0.3 is 20.1 Å². The molecule has 1 saturated carbocycles. The highest BCUT2D eigenvalue weighted by molar-refractivity contribution is 7.83. The van der Waals surface area contributed by atoms with E-state index in [1.54, 1.807) is 6.07 Å². The minimum absolute atomic E-state index is 0.0691. The van der Waals surface area contributed by atoms with E-state index in [0.29, 0.717) is 4.90 Å². The Bertz CT molecular complexity index is 761. The Morgan fingerprint density at radius 1 is 0.920 bits per heavy atom. The van der Waals surface area contributed by atoms with E-state index in [0.717, 1.165) is 0 Å². The van der Waals surface area contributed by atoms with Crippen LogP contribution in [0.25, 0.3) is 0 Å². The molecule has 10 heteroatoms. The molecule has 0 amide bonds. The molecule has 0 bridgehead atoms. The Morgan fingerprint density at radius 3 is 1.96 bits per heavy atom. The van der Waals surface area contributed by atoms with Crippen LogP contribution in [0.2, 0.25) is 0 Å². The molecule has 0 aromatic heterocycles. The zero-order valence-corrected chi connectivity index (χ0v) is 14.4. The summed E-state index contributed by atoms with van der Waals surface area (Å²) in [6.45, 7) is 0. The Morgan fingerprint density at radius 2 is 1.44 bits per heavy atom. The minimum atomic E-state index is -2.81. The number of hydrogen-bond donors (Lipinski definition) is 5. The molecule has 0 spiro atoms. The molecular formula is C15H14O8S2. The van der Waals surface area contributed by atoms with Crippen LogP contribution in [-0.4, -0.2) is 39.2 Å². The van der Waals surface area contributed by atoms with Gasteiger partial charge in [-0.2, -0.15) is 0 Å². The average Bonchev–Trinajstić information content (AvgIpc) is 2.94. The number of benzene rings is 1. The van der Waals surface area contributed by atoms with Crippen LogP contribution in [0.3, 0.4) is 0 Å². The van der Waals surface area contributed by atoms with E-state index in [-0.39, 0.29) is 17.1 Å². The maximum atomic E-state index is 12.7. The van der Waals surface area contributed by atoms with E-state index in [1.807, 2.05) is 0 Å². The third-order valence-corrected chi connectivity index (χ3v) is 5.47. The number of carbonyl (C=O) groups excluding carboxylic acids is 1. The second-order valence-electron chi connectivity index (χ2n) is 5.59. The first-order valence-corrected chi connectivity index (χ1v) is 7.94. The fraction of sp³-hybridized carbons (Fsp3) is 0.333. The monoisotopic (exact) mass is 386 g/mol. The molecule has 8 nitrogen and oxygen atoms in total. The van der Waals surface area contributed by atoms with Crippen molar-refractivity contribution in [3.05, 3.63) is 18.2 Å². The number of carboxylic acid groups (broad SMARTS) is 3. The molecular weight excluding hydrogens is 372 g/mol. The molecule has 0 radical (unpaired) electrons. The van der Waals surface area contributed by atoms with Crippen LogP contribution in [0.4, 0.5) is 0 Å². The first kappa shape index (κ1) is 19.1. The smallest absolute Gasteiger partial charge is 0.330 e. The lowest BCUT2D eigenvalue weighted by Crippen LogP contribution is -2.59. The van der Waals surface area contributed by atoms with Gasteiger partial charge in [0.25, 0.3) is 0 Å². The summed E-state index contributed by atoms with van der Waals surface area (Å²) in [6, 6.07) is 4.33. The quantitative estimate of drug-likeness (QED) is 0.223. The number of esters is 1. The van der Waals surface area contributed by atoms with Crippen LogP contribution in [0.1, 0.15) is 19.3 Å². The number of thiol groups is 2. The second-order valence-corrected chi connectivity index (χ2v) is 6.52. The van der Waals surface area contributed by atoms with Crippen molar-refractivity contribution < 1.29 is 39.2 Å². The van der Waals surface area contributed by atoms with Gasteiger partial charge in [0.15, 0.2) is 10.8 Å². The Labute approximate surface area is 152 Å². The maximum Gasteiger partial charge on any atom is 0.330 e.